The minimum Gasteiger partial charge on any atom is -0.414 e. The Kier molecular flexibility index (Phi) is 5.38. The maximum Gasteiger partial charge on any atom is 0.192 e. The Morgan fingerprint density at radius 2 is 1.84 bits per heavy atom. The Morgan fingerprint density at radius 3 is 2.32 bits per heavy atom. The van der Waals surface area contributed by atoms with Gasteiger partial charge < -0.3 is 9.74 Å². The zero-order valence-corrected chi connectivity index (χ0v) is 13.9. The van der Waals surface area contributed by atoms with Gasteiger partial charge in [-0.15, -0.1) is 6.58 Å². The van der Waals surface area contributed by atoms with Crippen LogP contribution in [-0.2, 0) is 4.43 Å². The predicted octanol–water partition coefficient (Wildman–Crippen LogP) is 4.67. The largest absolute Gasteiger partial charge is 0.414 e. The number of nitrogens with one attached hydrogen (secondary N) is 1. The summed E-state index contributed by atoms with van der Waals surface area (Å²) in [6.45, 7) is 15.9. The summed E-state index contributed by atoms with van der Waals surface area (Å²) in [6, 6.07) is 10.3. The minimum atomic E-state index is -1.69. The molecule has 0 aliphatic rings. The van der Waals surface area contributed by atoms with E-state index in [1.54, 1.807) is 0 Å². The highest BCUT2D eigenvalue weighted by molar-refractivity contribution is 6.74. The van der Waals surface area contributed by atoms with Crippen LogP contribution in [0.5, 0.6) is 0 Å². The number of para-hydroxylation sites is 1. The monoisotopic (exact) mass is 277 g/mol. The third-order valence-electron chi connectivity index (χ3n) is 3.84. The maximum atomic E-state index is 6.22. The van der Waals surface area contributed by atoms with E-state index >= 15 is 0 Å². The summed E-state index contributed by atoms with van der Waals surface area (Å²) < 4.78 is 6.22. The van der Waals surface area contributed by atoms with E-state index in [9.17, 15) is 0 Å². The van der Waals surface area contributed by atoms with Gasteiger partial charge >= 0.3 is 0 Å². The van der Waals surface area contributed by atoms with Crippen molar-refractivity contribution in [2.45, 2.75) is 44.9 Å². The Morgan fingerprint density at radius 1 is 1.26 bits per heavy atom. The van der Waals surface area contributed by atoms with Crippen molar-refractivity contribution in [3.8, 4) is 0 Å². The second-order valence-electron chi connectivity index (χ2n) is 6.42. The first-order valence-corrected chi connectivity index (χ1v) is 9.75. The van der Waals surface area contributed by atoms with Gasteiger partial charge in [0.05, 0.1) is 12.6 Å². The lowest BCUT2D eigenvalue weighted by atomic mass is 10.2. The van der Waals surface area contributed by atoms with Crippen LogP contribution in [0.2, 0.25) is 18.1 Å². The lowest BCUT2D eigenvalue weighted by molar-refractivity contribution is 0.284. The second-order valence-corrected chi connectivity index (χ2v) is 11.2. The van der Waals surface area contributed by atoms with E-state index in [4.69, 9.17) is 4.43 Å². The summed E-state index contributed by atoms with van der Waals surface area (Å²) in [5.74, 6) is 0. The first-order chi connectivity index (χ1) is 8.76. The van der Waals surface area contributed by atoms with Crippen LogP contribution in [0, 0.1) is 0 Å². The average Bonchev–Trinajstić information content (AvgIpc) is 2.34. The highest BCUT2D eigenvalue weighted by atomic mass is 28.4. The molecule has 1 atom stereocenters. The number of hydrogen-bond donors (Lipinski definition) is 1. The average molecular weight is 277 g/mol. The molecule has 0 amide bonds. The SMILES string of the molecule is C=CC(CO[Si](C)(C)C(C)(C)C)Nc1ccccc1. The summed E-state index contributed by atoms with van der Waals surface area (Å²) in [5.41, 5.74) is 1.10. The molecule has 0 radical (unpaired) electrons. The van der Waals surface area contributed by atoms with Crippen molar-refractivity contribution < 1.29 is 4.43 Å². The van der Waals surface area contributed by atoms with Crippen molar-refractivity contribution in [2.75, 3.05) is 11.9 Å². The van der Waals surface area contributed by atoms with Gasteiger partial charge in [-0.2, -0.15) is 0 Å². The van der Waals surface area contributed by atoms with Crippen LogP contribution in [0.15, 0.2) is 43.0 Å². The molecular formula is C16H27NOSi. The third kappa shape index (κ3) is 4.84. The molecule has 0 bridgehead atoms. The number of anilines is 1. The molecule has 19 heavy (non-hydrogen) atoms. The first-order valence-electron chi connectivity index (χ1n) is 6.84. The smallest absolute Gasteiger partial charge is 0.192 e. The number of rotatable bonds is 6. The van der Waals surface area contributed by atoms with Crippen LogP contribution < -0.4 is 5.32 Å². The molecule has 1 unspecified atom stereocenters. The van der Waals surface area contributed by atoms with Gasteiger partial charge in [-0.05, 0) is 30.3 Å². The van der Waals surface area contributed by atoms with E-state index in [2.05, 4.69) is 57.9 Å². The molecular weight excluding hydrogens is 250 g/mol. The van der Waals surface area contributed by atoms with Gasteiger partial charge in [-0.25, -0.2) is 0 Å². The van der Waals surface area contributed by atoms with Gasteiger partial charge in [-0.3, -0.25) is 0 Å². The molecule has 0 aromatic heterocycles. The predicted molar refractivity (Wildman–Crippen MR) is 87.2 cm³/mol. The highest BCUT2D eigenvalue weighted by Gasteiger charge is 2.37. The van der Waals surface area contributed by atoms with Crippen molar-refractivity contribution in [1.82, 2.24) is 0 Å². The van der Waals surface area contributed by atoms with Crippen LogP contribution in [0.4, 0.5) is 5.69 Å². The summed E-state index contributed by atoms with van der Waals surface area (Å²) in [7, 11) is -1.69. The molecule has 3 heteroatoms. The van der Waals surface area contributed by atoms with Crippen LogP contribution in [0.3, 0.4) is 0 Å². The van der Waals surface area contributed by atoms with Crippen molar-refractivity contribution in [1.29, 1.82) is 0 Å². The molecule has 106 valence electrons. The fourth-order valence-corrected chi connectivity index (χ4v) is 2.46. The molecule has 0 fully saturated rings. The van der Waals surface area contributed by atoms with Crippen LogP contribution in [0.1, 0.15) is 20.8 Å². The maximum absolute atomic E-state index is 6.22. The van der Waals surface area contributed by atoms with Gasteiger partial charge in [0.25, 0.3) is 0 Å². The lowest BCUT2D eigenvalue weighted by Crippen LogP contribution is -2.43. The Hall–Kier alpha value is -1.06. The summed E-state index contributed by atoms with van der Waals surface area (Å²) in [5, 5.41) is 3.67. The van der Waals surface area contributed by atoms with Gasteiger partial charge in [0.1, 0.15) is 0 Å². The Balaban J connectivity index is 2.57. The molecule has 0 saturated carbocycles. The van der Waals surface area contributed by atoms with Gasteiger partial charge in [-0.1, -0.05) is 45.0 Å². The molecule has 0 saturated heterocycles. The van der Waals surface area contributed by atoms with Crippen molar-refractivity contribution in [3.05, 3.63) is 43.0 Å². The van der Waals surface area contributed by atoms with E-state index in [1.165, 1.54) is 0 Å². The van der Waals surface area contributed by atoms with Crippen molar-refractivity contribution in [3.63, 3.8) is 0 Å². The van der Waals surface area contributed by atoms with Crippen LogP contribution >= 0.6 is 0 Å². The molecule has 1 rings (SSSR count). The third-order valence-corrected chi connectivity index (χ3v) is 8.34. The molecule has 0 spiro atoms. The zero-order valence-electron chi connectivity index (χ0n) is 12.9. The highest BCUT2D eigenvalue weighted by Crippen LogP contribution is 2.36. The zero-order chi connectivity index (χ0) is 14.5. The molecule has 1 aromatic carbocycles. The van der Waals surface area contributed by atoms with Gasteiger partial charge in [0.2, 0.25) is 0 Å². The van der Waals surface area contributed by atoms with Crippen LogP contribution in [-0.4, -0.2) is 21.0 Å². The summed E-state index contributed by atoms with van der Waals surface area (Å²) in [6.07, 6.45) is 1.92. The van der Waals surface area contributed by atoms with Crippen LogP contribution in [0.25, 0.3) is 0 Å². The molecule has 2 nitrogen and oxygen atoms in total. The molecule has 1 aromatic rings. The number of hydrogen-bond acceptors (Lipinski definition) is 2. The summed E-state index contributed by atoms with van der Waals surface area (Å²) >= 11 is 0. The first kappa shape index (κ1) is 16.0. The van der Waals surface area contributed by atoms with Crippen molar-refractivity contribution >= 4 is 14.0 Å². The van der Waals surface area contributed by atoms with Crippen molar-refractivity contribution in [2.24, 2.45) is 0 Å². The topological polar surface area (TPSA) is 21.3 Å². The van der Waals surface area contributed by atoms with E-state index < -0.39 is 8.32 Å². The fourth-order valence-electron chi connectivity index (χ4n) is 1.43. The van der Waals surface area contributed by atoms with E-state index in [0.717, 1.165) is 5.69 Å². The fraction of sp³-hybridized carbons (Fsp3) is 0.500. The summed E-state index contributed by atoms with van der Waals surface area (Å²) in [4.78, 5) is 0. The Labute approximate surface area is 119 Å². The molecule has 1 N–H and O–H groups in total. The van der Waals surface area contributed by atoms with Gasteiger partial charge in [0, 0.05) is 5.69 Å². The normalized spacial score (nSPS) is 13.9. The minimum absolute atomic E-state index is 0.150. The second kappa shape index (κ2) is 6.39. The molecule has 0 aliphatic carbocycles. The lowest BCUT2D eigenvalue weighted by Gasteiger charge is -2.37. The number of benzene rings is 1. The van der Waals surface area contributed by atoms with E-state index in [-0.39, 0.29) is 11.1 Å². The van der Waals surface area contributed by atoms with E-state index in [1.807, 2.05) is 24.3 Å². The van der Waals surface area contributed by atoms with Gasteiger partial charge in [0.15, 0.2) is 8.32 Å². The molecule has 0 aliphatic heterocycles. The van der Waals surface area contributed by atoms with E-state index in [0.29, 0.717) is 6.61 Å². The molecule has 0 heterocycles. The Bertz CT molecular complexity index is 395. The standard InChI is InChI=1S/C16H27NOSi/c1-7-14(17-15-11-9-8-10-12-15)13-18-19(5,6)16(2,3)4/h7-12,14,17H,1,13H2,2-6H3. The quantitative estimate of drug-likeness (QED) is 0.602.